The van der Waals surface area contributed by atoms with Crippen LogP contribution in [0.4, 0.5) is 5.69 Å². The number of rotatable bonds is 3. The Kier molecular flexibility index (Phi) is 4.87. The minimum Gasteiger partial charge on any atom is -0.459 e. The third-order valence-corrected chi connectivity index (χ3v) is 3.16. The van der Waals surface area contributed by atoms with Gasteiger partial charge in [-0.25, -0.2) is 18.4 Å². The highest BCUT2D eigenvalue weighted by Crippen LogP contribution is 2.24. The predicted molar refractivity (Wildman–Crippen MR) is 68.1 cm³/mol. The number of halogens is 1. The molecule has 0 heterocycles. The van der Waals surface area contributed by atoms with E-state index in [-0.39, 0.29) is 22.2 Å². The summed E-state index contributed by atoms with van der Waals surface area (Å²) in [5.74, 6) is -2.25. The van der Waals surface area contributed by atoms with Gasteiger partial charge in [-0.1, -0.05) is 11.6 Å². The van der Waals surface area contributed by atoms with Crippen molar-refractivity contribution in [2.75, 3.05) is 11.9 Å². The first-order chi connectivity index (χ1) is 8.75. The molecule has 1 rings (SSSR count). The molecule has 0 spiro atoms. The molecule has 0 aliphatic carbocycles. The molecule has 19 heavy (non-hydrogen) atoms. The molecule has 0 saturated heterocycles. The van der Waals surface area contributed by atoms with Gasteiger partial charge < -0.3 is 10.1 Å². The van der Waals surface area contributed by atoms with E-state index in [0.29, 0.717) is 0 Å². The third kappa shape index (κ3) is 4.19. The molecule has 0 radical (unpaired) electrons. The number of nitrogens with two attached hydrogens (primary N) is 1. The molecule has 0 unspecified atom stereocenters. The van der Waals surface area contributed by atoms with Crippen molar-refractivity contribution >= 4 is 39.2 Å². The van der Waals surface area contributed by atoms with Gasteiger partial charge in [-0.2, -0.15) is 0 Å². The number of anilines is 1. The second-order valence-corrected chi connectivity index (χ2v) is 5.33. The highest BCUT2D eigenvalue weighted by atomic mass is 35.5. The van der Waals surface area contributed by atoms with E-state index in [1.54, 1.807) is 0 Å². The van der Waals surface area contributed by atoms with Crippen LogP contribution in [0.1, 0.15) is 6.92 Å². The minimum absolute atomic E-state index is 0.0177. The van der Waals surface area contributed by atoms with Gasteiger partial charge in [0.2, 0.25) is 10.0 Å². The van der Waals surface area contributed by atoms with Crippen LogP contribution in [0.15, 0.2) is 23.1 Å². The fourth-order valence-electron chi connectivity index (χ4n) is 1.22. The summed E-state index contributed by atoms with van der Waals surface area (Å²) < 4.78 is 27.1. The van der Waals surface area contributed by atoms with Crippen molar-refractivity contribution in [1.29, 1.82) is 0 Å². The standard InChI is InChI=1S/C10H11ClN2O5S/c1-2-18-10(15)9(14)13-7-5-6(11)3-4-8(7)19(12,16)17/h3-5H,2H2,1H3,(H,13,14)(H2,12,16,17). The van der Waals surface area contributed by atoms with Gasteiger partial charge in [0.25, 0.3) is 0 Å². The molecule has 0 fully saturated rings. The Morgan fingerprint density at radius 2 is 2.05 bits per heavy atom. The maximum Gasteiger partial charge on any atom is 0.397 e. The normalized spacial score (nSPS) is 10.9. The predicted octanol–water partition coefficient (Wildman–Crippen LogP) is 0.489. The number of primary sulfonamides is 1. The smallest absolute Gasteiger partial charge is 0.397 e. The Morgan fingerprint density at radius 1 is 1.42 bits per heavy atom. The minimum atomic E-state index is -4.06. The van der Waals surface area contributed by atoms with Gasteiger partial charge in [0, 0.05) is 5.02 Å². The van der Waals surface area contributed by atoms with E-state index in [1.807, 2.05) is 0 Å². The van der Waals surface area contributed by atoms with Crippen LogP contribution in [-0.2, 0) is 24.3 Å². The summed E-state index contributed by atoms with van der Waals surface area (Å²) in [6, 6.07) is 3.58. The molecule has 0 aromatic heterocycles. The van der Waals surface area contributed by atoms with Gasteiger partial charge in [0.05, 0.1) is 12.3 Å². The van der Waals surface area contributed by atoms with Gasteiger partial charge in [-0.15, -0.1) is 0 Å². The van der Waals surface area contributed by atoms with Crippen LogP contribution in [-0.4, -0.2) is 26.9 Å². The number of amides is 1. The zero-order valence-electron chi connectivity index (χ0n) is 9.84. The summed E-state index contributed by atoms with van der Waals surface area (Å²) in [4.78, 5) is 22.2. The number of sulfonamides is 1. The second kappa shape index (κ2) is 6.00. The van der Waals surface area contributed by atoms with Gasteiger partial charge in [0.1, 0.15) is 4.90 Å². The molecule has 3 N–H and O–H groups in total. The van der Waals surface area contributed by atoms with E-state index in [4.69, 9.17) is 16.7 Å². The lowest BCUT2D eigenvalue weighted by molar-refractivity contribution is -0.152. The van der Waals surface area contributed by atoms with Crippen LogP contribution >= 0.6 is 11.6 Å². The van der Waals surface area contributed by atoms with Crippen molar-refractivity contribution in [3.8, 4) is 0 Å². The molecule has 1 aromatic carbocycles. The van der Waals surface area contributed by atoms with E-state index < -0.39 is 21.9 Å². The Labute approximate surface area is 114 Å². The first-order valence-corrected chi connectivity index (χ1v) is 6.98. The Hall–Kier alpha value is -1.64. The van der Waals surface area contributed by atoms with Crippen molar-refractivity contribution < 1.29 is 22.7 Å². The van der Waals surface area contributed by atoms with Crippen LogP contribution in [0.25, 0.3) is 0 Å². The molecule has 9 heteroatoms. The van der Waals surface area contributed by atoms with Crippen LogP contribution in [0.3, 0.4) is 0 Å². The van der Waals surface area contributed by atoms with Crippen molar-refractivity contribution in [2.24, 2.45) is 5.14 Å². The summed E-state index contributed by atoms with van der Waals surface area (Å²) in [5, 5.41) is 7.24. The second-order valence-electron chi connectivity index (χ2n) is 3.36. The Balaban J connectivity index is 3.10. The molecule has 7 nitrogen and oxygen atoms in total. The molecule has 104 valence electrons. The number of ether oxygens (including phenoxy) is 1. The Bertz CT molecular complexity index is 614. The molecule has 1 aromatic rings. The summed E-state index contributed by atoms with van der Waals surface area (Å²) in [6.45, 7) is 1.55. The number of hydrogen-bond acceptors (Lipinski definition) is 5. The average Bonchev–Trinajstić information content (AvgIpc) is 2.27. The molecule has 0 saturated carbocycles. The maximum atomic E-state index is 11.4. The highest BCUT2D eigenvalue weighted by Gasteiger charge is 2.20. The SMILES string of the molecule is CCOC(=O)C(=O)Nc1cc(Cl)ccc1S(N)(=O)=O. The van der Waals surface area contributed by atoms with Crippen LogP contribution in [0.2, 0.25) is 5.02 Å². The lowest BCUT2D eigenvalue weighted by atomic mass is 10.3. The van der Waals surface area contributed by atoms with Crippen LogP contribution < -0.4 is 10.5 Å². The summed E-state index contributed by atoms with van der Waals surface area (Å²) >= 11 is 5.69. The van der Waals surface area contributed by atoms with Gasteiger partial charge in [-0.05, 0) is 25.1 Å². The quantitative estimate of drug-likeness (QED) is 0.623. The van der Waals surface area contributed by atoms with E-state index in [2.05, 4.69) is 10.1 Å². The number of carbonyl (C=O) groups excluding carboxylic acids is 2. The number of hydrogen-bond donors (Lipinski definition) is 2. The highest BCUT2D eigenvalue weighted by molar-refractivity contribution is 7.89. The molecular weight excluding hydrogens is 296 g/mol. The average molecular weight is 307 g/mol. The van der Waals surface area contributed by atoms with E-state index in [0.717, 1.165) is 6.07 Å². The first kappa shape index (κ1) is 15.4. The molecular formula is C10H11ClN2O5S. The number of esters is 1. The lowest BCUT2D eigenvalue weighted by Gasteiger charge is -2.09. The van der Waals surface area contributed by atoms with Crippen molar-refractivity contribution in [3.05, 3.63) is 23.2 Å². The molecule has 0 aliphatic rings. The number of carbonyl (C=O) groups is 2. The topological polar surface area (TPSA) is 116 Å². The summed E-state index contributed by atoms with van der Waals surface area (Å²) in [5.41, 5.74) is -0.187. The van der Waals surface area contributed by atoms with Crippen LogP contribution in [0, 0.1) is 0 Å². The molecule has 0 aliphatic heterocycles. The van der Waals surface area contributed by atoms with Gasteiger partial charge >= 0.3 is 11.9 Å². The zero-order valence-corrected chi connectivity index (χ0v) is 11.4. The van der Waals surface area contributed by atoms with Crippen LogP contribution in [0.5, 0.6) is 0 Å². The fraction of sp³-hybridized carbons (Fsp3) is 0.200. The monoisotopic (exact) mass is 306 g/mol. The van der Waals surface area contributed by atoms with E-state index in [1.165, 1.54) is 19.1 Å². The Morgan fingerprint density at radius 3 is 2.58 bits per heavy atom. The lowest BCUT2D eigenvalue weighted by Crippen LogP contribution is -2.26. The number of nitrogens with one attached hydrogen (secondary N) is 1. The molecule has 1 amide bonds. The fourth-order valence-corrected chi connectivity index (χ4v) is 2.06. The summed E-state index contributed by atoms with van der Waals surface area (Å²) in [7, 11) is -4.06. The maximum absolute atomic E-state index is 11.4. The zero-order chi connectivity index (χ0) is 14.6. The van der Waals surface area contributed by atoms with Crippen molar-refractivity contribution in [2.45, 2.75) is 11.8 Å². The largest absolute Gasteiger partial charge is 0.459 e. The first-order valence-electron chi connectivity index (χ1n) is 5.06. The summed E-state index contributed by atoms with van der Waals surface area (Å²) in [6.07, 6.45) is 0. The van der Waals surface area contributed by atoms with Crippen molar-refractivity contribution in [3.63, 3.8) is 0 Å². The van der Waals surface area contributed by atoms with E-state index >= 15 is 0 Å². The number of benzene rings is 1. The van der Waals surface area contributed by atoms with Gasteiger partial charge in [0.15, 0.2) is 0 Å². The van der Waals surface area contributed by atoms with Crippen molar-refractivity contribution in [1.82, 2.24) is 0 Å². The molecule has 0 bridgehead atoms. The van der Waals surface area contributed by atoms with E-state index in [9.17, 15) is 18.0 Å². The molecule has 0 atom stereocenters. The van der Waals surface area contributed by atoms with Gasteiger partial charge in [-0.3, -0.25) is 4.79 Å². The third-order valence-electron chi connectivity index (χ3n) is 1.96.